The van der Waals surface area contributed by atoms with Crippen molar-refractivity contribution in [3.05, 3.63) is 11.6 Å². The lowest BCUT2D eigenvalue weighted by molar-refractivity contribution is -0.384. The quantitative estimate of drug-likeness (QED) is 0.391. The molecule has 2 saturated heterocycles. The highest BCUT2D eigenvalue weighted by Crippen LogP contribution is 2.72. The number of fused-ring (bicyclic) bond motifs is 10. The molecule has 2 heterocycles. The van der Waals surface area contributed by atoms with Crippen LogP contribution in [0.5, 0.6) is 0 Å². The molecular weight excluding hydrogens is 460 g/mol. The molecule has 0 aromatic carbocycles. The second-order valence-corrected chi connectivity index (χ2v) is 14.1. The maximum absolute atomic E-state index is 12.1. The summed E-state index contributed by atoms with van der Waals surface area (Å²) in [7, 11) is 0. The van der Waals surface area contributed by atoms with Crippen molar-refractivity contribution in [3.8, 4) is 0 Å². The minimum absolute atomic E-state index is 0.00702. The fraction of sp³-hybridized carbons (Fsp3) is 0.897. The van der Waals surface area contributed by atoms with Gasteiger partial charge in [-0.2, -0.15) is 0 Å². The Morgan fingerprint density at radius 3 is 2.53 bits per heavy atom. The molecule has 6 aliphatic rings. The largest absolute Gasteiger partial charge is 0.459 e. The Bertz CT molecular complexity index is 987. The van der Waals surface area contributed by atoms with Crippen LogP contribution in [0, 0.1) is 34.5 Å². The molecule has 0 aromatic rings. The minimum atomic E-state index is -1.27. The summed E-state index contributed by atoms with van der Waals surface area (Å²) in [6, 6.07) is 0. The van der Waals surface area contributed by atoms with Gasteiger partial charge in [-0.05, 0) is 87.9 Å². The molecule has 12 atom stereocenters. The number of carbonyl (C=O) groups is 1. The van der Waals surface area contributed by atoms with Crippen molar-refractivity contribution in [1.29, 1.82) is 0 Å². The van der Waals surface area contributed by atoms with Crippen molar-refractivity contribution in [2.24, 2.45) is 34.5 Å². The standard InChI is InChI=1S/C29H44O7/c1-15(30)34-22-14-29(25(2,3)33)35-21-13-19-23-18(8-10-27(19,5)24(21)28(22,6)36-29)26(4)9-7-17(31)11-16(26)12-20(23)32/h12,17-24,31-33H,7-11,13-14H2,1-6H3/t17-,18-,19-,20+,21-,22-,23+,24-,26-,27-,28-,29-/m0/s1. The van der Waals surface area contributed by atoms with Gasteiger partial charge in [0.25, 0.3) is 0 Å². The fourth-order valence-corrected chi connectivity index (χ4v) is 10.1. The summed E-state index contributed by atoms with van der Waals surface area (Å²) in [5.74, 6) is -0.922. The van der Waals surface area contributed by atoms with Gasteiger partial charge in [0, 0.05) is 19.3 Å². The summed E-state index contributed by atoms with van der Waals surface area (Å²) >= 11 is 0. The molecule has 0 unspecified atom stereocenters. The second kappa shape index (κ2) is 7.56. The van der Waals surface area contributed by atoms with E-state index in [0.29, 0.717) is 18.8 Å². The molecule has 4 aliphatic carbocycles. The van der Waals surface area contributed by atoms with E-state index in [4.69, 9.17) is 14.2 Å². The van der Waals surface area contributed by atoms with E-state index in [1.165, 1.54) is 12.5 Å². The predicted octanol–water partition coefficient (Wildman–Crippen LogP) is 3.48. The second-order valence-electron chi connectivity index (χ2n) is 14.1. The Balaban J connectivity index is 1.41. The van der Waals surface area contributed by atoms with Crippen LogP contribution in [0.15, 0.2) is 11.6 Å². The first-order valence-electron chi connectivity index (χ1n) is 14.0. The van der Waals surface area contributed by atoms with Crippen molar-refractivity contribution >= 4 is 5.97 Å². The van der Waals surface area contributed by atoms with Gasteiger partial charge < -0.3 is 29.5 Å². The summed E-state index contributed by atoms with van der Waals surface area (Å²) in [5.41, 5.74) is -0.983. The van der Waals surface area contributed by atoms with Crippen LogP contribution in [0.4, 0.5) is 0 Å². The number of esters is 1. The highest BCUT2D eigenvalue weighted by Gasteiger charge is 2.76. The van der Waals surface area contributed by atoms with E-state index in [2.05, 4.69) is 19.9 Å². The summed E-state index contributed by atoms with van der Waals surface area (Å²) in [6.45, 7) is 11.6. The molecule has 0 amide bonds. The van der Waals surface area contributed by atoms with Gasteiger partial charge in [0.05, 0.1) is 18.3 Å². The van der Waals surface area contributed by atoms with Gasteiger partial charge in [-0.15, -0.1) is 0 Å². The van der Waals surface area contributed by atoms with Gasteiger partial charge in [-0.3, -0.25) is 4.79 Å². The van der Waals surface area contributed by atoms with Crippen LogP contribution in [-0.2, 0) is 19.0 Å². The molecule has 202 valence electrons. The third-order valence-corrected chi connectivity index (χ3v) is 11.8. The first kappa shape index (κ1) is 25.3. The van der Waals surface area contributed by atoms with Crippen LogP contribution in [0.1, 0.15) is 86.5 Å². The average molecular weight is 505 g/mol. The molecule has 6 rings (SSSR count). The Morgan fingerprint density at radius 2 is 1.86 bits per heavy atom. The highest BCUT2D eigenvalue weighted by molar-refractivity contribution is 5.66. The van der Waals surface area contributed by atoms with Crippen LogP contribution >= 0.6 is 0 Å². The van der Waals surface area contributed by atoms with Gasteiger partial charge in [0.15, 0.2) is 0 Å². The fourth-order valence-electron chi connectivity index (χ4n) is 10.1. The summed E-state index contributed by atoms with van der Waals surface area (Å²) in [6.07, 6.45) is 6.07. The Labute approximate surface area is 214 Å². The molecule has 3 saturated carbocycles. The highest BCUT2D eigenvalue weighted by atomic mass is 16.8. The third kappa shape index (κ3) is 3.13. The lowest BCUT2D eigenvalue weighted by atomic mass is 9.46. The average Bonchev–Trinajstić information content (AvgIpc) is 3.18. The summed E-state index contributed by atoms with van der Waals surface area (Å²) in [4.78, 5) is 12.1. The van der Waals surface area contributed by atoms with Crippen LogP contribution in [-0.4, -0.2) is 62.7 Å². The zero-order chi connectivity index (χ0) is 26.1. The van der Waals surface area contributed by atoms with E-state index in [1.54, 1.807) is 13.8 Å². The topological polar surface area (TPSA) is 105 Å². The van der Waals surface area contributed by atoms with Gasteiger partial charge in [-0.1, -0.05) is 25.5 Å². The molecule has 7 nitrogen and oxygen atoms in total. The van der Waals surface area contributed by atoms with Crippen molar-refractivity contribution in [1.82, 2.24) is 0 Å². The summed E-state index contributed by atoms with van der Waals surface area (Å²) in [5, 5.41) is 33.1. The van der Waals surface area contributed by atoms with E-state index in [0.717, 1.165) is 32.1 Å². The molecule has 0 aromatic heterocycles. The molecular formula is C29H44O7. The monoisotopic (exact) mass is 504 g/mol. The van der Waals surface area contributed by atoms with Crippen LogP contribution in [0.25, 0.3) is 0 Å². The molecule has 36 heavy (non-hydrogen) atoms. The number of hydrogen-bond acceptors (Lipinski definition) is 7. The van der Waals surface area contributed by atoms with E-state index in [1.807, 2.05) is 6.92 Å². The van der Waals surface area contributed by atoms with Crippen LogP contribution in [0.2, 0.25) is 0 Å². The van der Waals surface area contributed by atoms with Crippen molar-refractivity contribution in [2.75, 3.05) is 0 Å². The third-order valence-electron chi connectivity index (χ3n) is 11.8. The molecule has 3 N–H and O–H groups in total. The van der Waals surface area contributed by atoms with E-state index in [-0.39, 0.29) is 46.8 Å². The number of aliphatic hydroxyl groups excluding tert-OH is 2. The normalized spacial score (nSPS) is 55.6. The smallest absolute Gasteiger partial charge is 0.303 e. The molecule has 0 spiro atoms. The lowest BCUT2D eigenvalue weighted by Crippen LogP contribution is -2.64. The Hall–Kier alpha value is -0.990. The molecule has 2 aliphatic heterocycles. The number of rotatable bonds is 2. The van der Waals surface area contributed by atoms with E-state index in [9.17, 15) is 20.1 Å². The van der Waals surface area contributed by atoms with Gasteiger partial charge in [0.2, 0.25) is 5.79 Å². The maximum Gasteiger partial charge on any atom is 0.303 e. The van der Waals surface area contributed by atoms with Crippen molar-refractivity contribution < 1.29 is 34.3 Å². The van der Waals surface area contributed by atoms with Crippen LogP contribution in [0.3, 0.4) is 0 Å². The van der Waals surface area contributed by atoms with E-state index >= 15 is 0 Å². The van der Waals surface area contributed by atoms with Gasteiger partial charge in [0.1, 0.15) is 17.3 Å². The van der Waals surface area contributed by atoms with Gasteiger partial charge >= 0.3 is 5.97 Å². The van der Waals surface area contributed by atoms with E-state index < -0.39 is 29.2 Å². The van der Waals surface area contributed by atoms with Crippen LogP contribution < -0.4 is 0 Å². The SMILES string of the molecule is CC(=O)O[C@H]1C[C@]2(C(C)(C)O)O[C@H]3C[C@H]4[C@@H]5[C@H](O)C=C6C[C@@H](O)CC[C@]6(C)[C@H]5CC[C@]4(C)[C@H]3[C@@]1(C)O2. The number of carbonyl (C=O) groups excluding carboxylic acids is 1. The zero-order valence-corrected chi connectivity index (χ0v) is 22.6. The number of ether oxygens (including phenoxy) is 3. The number of aliphatic hydroxyl groups is 3. The molecule has 7 heteroatoms. The summed E-state index contributed by atoms with van der Waals surface area (Å²) < 4.78 is 19.3. The number of hydrogen-bond donors (Lipinski definition) is 3. The van der Waals surface area contributed by atoms with Gasteiger partial charge in [-0.25, -0.2) is 0 Å². The minimum Gasteiger partial charge on any atom is -0.459 e. The maximum atomic E-state index is 12.1. The predicted molar refractivity (Wildman–Crippen MR) is 132 cm³/mol. The van der Waals surface area contributed by atoms with Crippen molar-refractivity contribution in [3.63, 3.8) is 0 Å². The Morgan fingerprint density at radius 1 is 1.14 bits per heavy atom. The lowest BCUT2D eigenvalue weighted by Gasteiger charge is -2.60. The molecule has 2 bridgehead atoms. The van der Waals surface area contributed by atoms with Crippen molar-refractivity contribution in [2.45, 2.75) is 128 Å². The molecule has 5 fully saturated rings. The first-order valence-corrected chi connectivity index (χ1v) is 14.0. The Kier molecular flexibility index (Phi) is 5.31. The molecule has 0 radical (unpaired) electrons. The zero-order valence-electron chi connectivity index (χ0n) is 22.6. The first-order chi connectivity index (χ1) is 16.6.